The van der Waals surface area contributed by atoms with Crippen LogP contribution in [0.3, 0.4) is 0 Å². The molecule has 1 saturated heterocycles. The minimum atomic E-state index is 0. The quantitative estimate of drug-likeness (QED) is 0.661. The van der Waals surface area contributed by atoms with Gasteiger partial charge in [-0.15, -0.1) is 24.8 Å². The number of carbonyl (C=O) groups is 1. The number of nitrogens with two attached hydrogens (primary N) is 1. The van der Waals surface area contributed by atoms with Gasteiger partial charge in [0.05, 0.1) is 5.69 Å². The van der Waals surface area contributed by atoms with E-state index >= 15 is 0 Å². The molecule has 0 radical (unpaired) electrons. The number of carbonyl (C=O) groups excluding carboxylic acids is 1. The van der Waals surface area contributed by atoms with Crippen LogP contribution in [0.4, 0.5) is 0 Å². The Morgan fingerprint density at radius 3 is 2.83 bits per heavy atom. The van der Waals surface area contributed by atoms with Crippen molar-refractivity contribution in [1.82, 2.24) is 14.3 Å². The summed E-state index contributed by atoms with van der Waals surface area (Å²) in [6, 6.07) is 13.4. The third-order valence-electron chi connectivity index (χ3n) is 5.04. The standard InChI is InChI=1S/C21H24N4O2.2ClH/c22-13-18-7-1-4-11-25(18)21(26)16-6-5-8-19(12-16)27-15-17-14-24-10-3-2-9-20(24)23-17;;/h2-3,5-6,8-10,12,14,18H,1,4,7,11,13,15,22H2;2*1H. The Hall–Kier alpha value is -2.28. The van der Waals surface area contributed by atoms with Crippen LogP contribution in [0, 0.1) is 0 Å². The first kappa shape index (κ1) is 23.0. The van der Waals surface area contributed by atoms with Crippen molar-refractivity contribution in [3.05, 3.63) is 66.1 Å². The Morgan fingerprint density at radius 2 is 2.03 bits per heavy atom. The molecule has 0 spiro atoms. The average Bonchev–Trinajstić information content (AvgIpc) is 3.15. The van der Waals surface area contributed by atoms with Crippen LogP contribution in [0.25, 0.3) is 5.65 Å². The van der Waals surface area contributed by atoms with E-state index in [1.54, 1.807) is 6.07 Å². The maximum absolute atomic E-state index is 12.9. The van der Waals surface area contributed by atoms with E-state index in [-0.39, 0.29) is 36.8 Å². The summed E-state index contributed by atoms with van der Waals surface area (Å²) in [7, 11) is 0. The second kappa shape index (κ2) is 10.5. The molecule has 2 aromatic heterocycles. The molecule has 8 heteroatoms. The SMILES string of the molecule is Cl.Cl.NCC1CCCCN1C(=O)c1cccc(OCc2cn3ccccc3n2)c1. The number of benzene rings is 1. The molecule has 2 N–H and O–H groups in total. The zero-order valence-electron chi connectivity index (χ0n) is 16.1. The third kappa shape index (κ3) is 5.21. The van der Waals surface area contributed by atoms with Crippen molar-refractivity contribution in [2.75, 3.05) is 13.1 Å². The van der Waals surface area contributed by atoms with Crippen molar-refractivity contribution < 1.29 is 9.53 Å². The molecule has 1 fully saturated rings. The van der Waals surface area contributed by atoms with Crippen molar-refractivity contribution in [2.45, 2.75) is 31.9 Å². The number of imidazole rings is 1. The number of fused-ring (bicyclic) bond motifs is 1. The van der Waals surface area contributed by atoms with E-state index in [0.29, 0.717) is 24.5 Å². The van der Waals surface area contributed by atoms with Crippen molar-refractivity contribution in [2.24, 2.45) is 5.73 Å². The smallest absolute Gasteiger partial charge is 0.254 e. The summed E-state index contributed by atoms with van der Waals surface area (Å²) >= 11 is 0. The number of nitrogens with zero attached hydrogens (tertiary/aromatic N) is 3. The highest BCUT2D eigenvalue weighted by Crippen LogP contribution is 2.22. The van der Waals surface area contributed by atoms with Gasteiger partial charge in [0.2, 0.25) is 0 Å². The Kier molecular flexibility index (Phi) is 8.32. The lowest BCUT2D eigenvalue weighted by Gasteiger charge is -2.35. The van der Waals surface area contributed by atoms with E-state index in [1.807, 2.05) is 58.1 Å². The van der Waals surface area contributed by atoms with Gasteiger partial charge in [-0.1, -0.05) is 12.1 Å². The van der Waals surface area contributed by atoms with Crippen molar-refractivity contribution >= 4 is 36.4 Å². The molecule has 0 saturated carbocycles. The number of rotatable bonds is 5. The summed E-state index contributed by atoms with van der Waals surface area (Å²) in [5.74, 6) is 0.697. The molecular formula is C21H26Cl2N4O2. The lowest BCUT2D eigenvalue weighted by atomic mass is 10.0. The summed E-state index contributed by atoms with van der Waals surface area (Å²) in [6.45, 7) is 1.64. The van der Waals surface area contributed by atoms with E-state index in [4.69, 9.17) is 10.5 Å². The van der Waals surface area contributed by atoms with Gasteiger partial charge < -0.3 is 19.8 Å². The zero-order valence-corrected chi connectivity index (χ0v) is 17.7. The minimum absolute atomic E-state index is 0. The number of pyridine rings is 1. The number of amides is 1. The van der Waals surface area contributed by atoms with Crippen LogP contribution in [-0.2, 0) is 6.61 Å². The highest BCUT2D eigenvalue weighted by atomic mass is 35.5. The van der Waals surface area contributed by atoms with Gasteiger partial charge in [-0.3, -0.25) is 4.79 Å². The van der Waals surface area contributed by atoms with Crippen LogP contribution in [0.5, 0.6) is 5.75 Å². The lowest BCUT2D eigenvalue weighted by Crippen LogP contribution is -2.47. The number of likely N-dealkylation sites (tertiary alicyclic amines) is 1. The number of piperidine rings is 1. The van der Waals surface area contributed by atoms with Crippen LogP contribution in [-0.4, -0.2) is 39.3 Å². The van der Waals surface area contributed by atoms with Crippen molar-refractivity contribution in [1.29, 1.82) is 0 Å². The fourth-order valence-corrected chi connectivity index (χ4v) is 3.61. The molecule has 1 aliphatic rings. The first-order valence-corrected chi connectivity index (χ1v) is 9.41. The van der Waals surface area contributed by atoms with Crippen LogP contribution in [0.15, 0.2) is 54.9 Å². The van der Waals surface area contributed by atoms with E-state index in [1.165, 1.54) is 0 Å². The normalized spacial score (nSPS) is 16.0. The summed E-state index contributed by atoms with van der Waals surface area (Å²) in [6.07, 6.45) is 7.05. The first-order chi connectivity index (χ1) is 13.2. The second-order valence-corrected chi connectivity index (χ2v) is 6.90. The molecule has 1 atom stereocenters. The topological polar surface area (TPSA) is 72.9 Å². The van der Waals surface area contributed by atoms with E-state index in [9.17, 15) is 4.79 Å². The molecule has 156 valence electrons. The molecule has 0 bridgehead atoms. The molecule has 29 heavy (non-hydrogen) atoms. The number of hydrogen-bond acceptors (Lipinski definition) is 4. The van der Waals surface area contributed by atoms with Gasteiger partial charge in [0.1, 0.15) is 18.0 Å². The van der Waals surface area contributed by atoms with Crippen LogP contribution < -0.4 is 10.5 Å². The fourth-order valence-electron chi connectivity index (χ4n) is 3.61. The minimum Gasteiger partial charge on any atom is -0.487 e. The maximum atomic E-state index is 12.9. The molecule has 3 heterocycles. The molecule has 1 aromatic carbocycles. The first-order valence-electron chi connectivity index (χ1n) is 9.41. The molecule has 1 aliphatic heterocycles. The molecule has 6 nitrogen and oxygen atoms in total. The van der Waals surface area contributed by atoms with Gasteiger partial charge in [-0.05, 0) is 49.6 Å². The lowest BCUT2D eigenvalue weighted by molar-refractivity contribution is 0.0623. The Morgan fingerprint density at radius 1 is 1.17 bits per heavy atom. The predicted molar refractivity (Wildman–Crippen MR) is 118 cm³/mol. The molecule has 3 aromatic rings. The van der Waals surface area contributed by atoms with Gasteiger partial charge in [-0.2, -0.15) is 0 Å². The summed E-state index contributed by atoms with van der Waals surface area (Å²) in [5, 5.41) is 0. The average molecular weight is 437 g/mol. The highest BCUT2D eigenvalue weighted by Gasteiger charge is 2.26. The van der Waals surface area contributed by atoms with E-state index < -0.39 is 0 Å². The molecule has 1 amide bonds. The van der Waals surface area contributed by atoms with Gasteiger partial charge in [-0.25, -0.2) is 4.98 Å². The molecule has 1 unspecified atom stereocenters. The summed E-state index contributed by atoms with van der Waals surface area (Å²) in [5.41, 5.74) is 8.23. The molecule has 4 rings (SSSR count). The van der Waals surface area contributed by atoms with Crippen LogP contribution >= 0.6 is 24.8 Å². The van der Waals surface area contributed by atoms with E-state index in [0.717, 1.165) is 37.1 Å². The largest absolute Gasteiger partial charge is 0.487 e. The number of hydrogen-bond donors (Lipinski definition) is 1. The fraction of sp³-hybridized carbons (Fsp3) is 0.333. The van der Waals surface area contributed by atoms with E-state index in [2.05, 4.69) is 4.98 Å². The van der Waals surface area contributed by atoms with Gasteiger partial charge in [0, 0.05) is 37.1 Å². The molecule has 0 aliphatic carbocycles. The van der Waals surface area contributed by atoms with Gasteiger partial charge in [0.25, 0.3) is 5.91 Å². The summed E-state index contributed by atoms with van der Waals surface area (Å²) in [4.78, 5) is 19.3. The number of ether oxygens (including phenoxy) is 1. The predicted octanol–water partition coefficient (Wildman–Crippen LogP) is 3.71. The Bertz CT molecular complexity index is 914. The van der Waals surface area contributed by atoms with Gasteiger partial charge >= 0.3 is 0 Å². The number of halogens is 2. The van der Waals surface area contributed by atoms with Crippen molar-refractivity contribution in [3.63, 3.8) is 0 Å². The molecular weight excluding hydrogens is 411 g/mol. The van der Waals surface area contributed by atoms with Crippen LogP contribution in [0.1, 0.15) is 35.3 Å². The third-order valence-corrected chi connectivity index (χ3v) is 5.04. The van der Waals surface area contributed by atoms with Crippen LogP contribution in [0.2, 0.25) is 0 Å². The Labute approximate surface area is 182 Å². The monoisotopic (exact) mass is 436 g/mol. The van der Waals surface area contributed by atoms with Crippen molar-refractivity contribution in [3.8, 4) is 5.75 Å². The second-order valence-electron chi connectivity index (χ2n) is 6.90. The number of aromatic nitrogens is 2. The summed E-state index contributed by atoms with van der Waals surface area (Å²) < 4.78 is 7.84. The maximum Gasteiger partial charge on any atom is 0.254 e. The Balaban J connectivity index is 0.00000150. The van der Waals surface area contributed by atoms with Gasteiger partial charge in [0.15, 0.2) is 0 Å². The highest BCUT2D eigenvalue weighted by molar-refractivity contribution is 5.95. The zero-order chi connectivity index (χ0) is 18.6.